The molecule has 0 radical (unpaired) electrons. The van der Waals surface area contributed by atoms with Gasteiger partial charge in [-0.3, -0.25) is 0 Å². The highest BCUT2D eigenvalue weighted by molar-refractivity contribution is 5.46. The first-order valence-electron chi connectivity index (χ1n) is 9.61. The third-order valence-electron chi connectivity index (χ3n) is 4.58. The number of hydrogen-bond acceptors (Lipinski definition) is 2. The van der Waals surface area contributed by atoms with Crippen LogP contribution in [0, 0.1) is 0 Å². The number of unbranched alkanes of at least 4 members (excludes halogenated alkanes) is 8. The molecule has 0 aliphatic heterocycles. The zero-order chi connectivity index (χ0) is 16.9. The van der Waals surface area contributed by atoms with Crippen molar-refractivity contribution in [3.05, 3.63) is 23.3 Å². The molecule has 132 valence electrons. The second kappa shape index (κ2) is 12.3. The summed E-state index contributed by atoms with van der Waals surface area (Å²) < 4.78 is 5.55. The predicted molar refractivity (Wildman–Crippen MR) is 99.6 cm³/mol. The molecule has 0 aliphatic carbocycles. The van der Waals surface area contributed by atoms with Crippen LogP contribution in [-0.2, 0) is 12.8 Å². The maximum atomic E-state index is 10.3. The van der Waals surface area contributed by atoms with E-state index in [9.17, 15) is 5.11 Å². The van der Waals surface area contributed by atoms with Crippen molar-refractivity contribution in [2.24, 2.45) is 0 Å². The average Bonchev–Trinajstić information content (AvgIpc) is 2.56. The Balaban J connectivity index is 2.52. The van der Waals surface area contributed by atoms with Gasteiger partial charge in [0.25, 0.3) is 0 Å². The van der Waals surface area contributed by atoms with Crippen LogP contribution < -0.4 is 4.74 Å². The zero-order valence-electron chi connectivity index (χ0n) is 15.5. The molecular formula is C21H36O2. The predicted octanol–water partition coefficient (Wildman–Crippen LogP) is 6.43. The van der Waals surface area contributed by atoms with E-state index in [1.54, 1.807) is 7.11 Å². The first-order chi connectivity index (χ1) is 11.2. The summed E-state index contributed by atoms with van der Waals surface area (Å²) in [5.74, 6) is 1.40. The van der Waals surface area contributed by atoms with Crippen LogP contribution in [0.2, 0.25) is 0 Å². The molecule has 0 amide bonds. The van der Waals surface area contributed by atoms with Crippen LogP contribution in [0.15, 0.2) is 12.1 Å². The van der Waals surface area contributed by atoms with E-state index in [4.69, 9.17) is 4.74 Å². The lowest BCUT2D eigenvalue weighted by atomic mass is 9.99. The molecule has 1 rings (SSSR count). The third-order valence-corrected chi connectivity index (χ3v) is 4.58. The minimum Gasteiger partial charge on any atom is -0.508 e. The standard InChI is InChI=1S/C21H36O2/c1-4-6-8-10-12-14-18-17-21(23-3)19(16-20(18)22)15-13-11-9-7-5-2/h16-17,22H,4-15H2,1-3H3. The van der Waals surface area contributed by atoms with Crippen LogP contribution in [0.25, 0.3) is 0 Å². The van der Waals surface area contributed by atoms with Crippen molar-refractivity contribution in [2.75, 3.05) is 7.11 Å². The van der Waals surface area contributed by atoms with Crippen LogP contribution in [0.4, 0.5) is 0 Å². The van der Waals surface area contributed by atoms with Gasteiger partial charge in [-0.25, -0.2) is 0 Å². The molecule has 0 unspecified atom stereocenters. The first-order valence-corrected chi connectivity index (χ1v) is 9.61. The van der Waals surface area contributed by atoms with Crippen molar-refractivity contribution in [1.29, 1.82) is 0 Å². The lowest BCUT2D eigenvalue weighted by Crippen LogP contribution is -1.96. The van der Waals surface area contributed by atoms with E-state index in [0.717, 1.165) is 36.1 Å². The van der Waals surface area contributed by atoms with Gasteiger partial charge in [-0.1, -0.05) is 65.2 Å². The molecule has 0 fully saturated rings. The van der Waals surface area contributed by atoms with Gasteiger partial charge in [0.1, 0.15) is 11.5 Å². The molecule has 0 bridgehead atoms. The summed E-state index contributed by atoms with van der Waals surface area (Å²) in [6.07, 6.45) is 14.5. The van der Waals surface area contributed by atoms with Gasteiger partial charge in [-0.2, -0.15) is 0 Å². The monoisotopic (exact) mass is 320 g/mol. The van der Waals surface area contributed by atoms with Crippen molar-refractivity contribution >= 4 is 0 Å². The van der Waals surface area contributed by atoms with Crippen LogP contribution in [0.1, 0.15) is 89.2 Å². The van der Waals surface area contributed by atoms with Crippen molar-refractivity contribution in [2.45, 2.75) is 90.9 Å². The summed E-state index contributed by atoms with van der Waals surface area (Å²) in [6, 6.07) is 3.98. The van der Waals surface area contributed by atoms with Crippen LogP contribution in [0.3, 0.4) is 0 Å². The van der Waals surface area contributed by atoms with Crippen molar-refractivity contribution in [3.8, 4) is 11.5 Å². The summed E-state index contributed by atoms with van der Waals surface area (Å²) in [5, 5.41) is 10.3. The highest BCUT2D eigenvalue weighted by Gasteiger charge is 2.10. The van der Waals surface area contributed by atoms with Crippen LogP contribution >= 0.6 is 0 Å². The van der Waals surface area contributed by atoms with Crippen molar-refractivity contribution < 1.29 is 9.84 Å². The molecule has 1 N–H and O–H groups in total. The molecule has 23 heavy (non-hydrogen) atoms. The number of hydrogen-bond donors (Lipinski definition) is 1. The summed E-state index contributed by atoms with van der Waals surface area (Å²) in [6.45, 7) is 4.47. The number of ether oxygens (including phenoxy) is 1. The van der Waals surface area contributed by atoms with Gasteiger partial charge in [0.05, 0.1) is 7.11 Å². The Kier molecular flexibility index (Phi) is 10.6. The summed E-state index contributed by atoms with van der Waals surface area (Å²) in [5.41, 5.74) is 2.18. The molecular weight excluding hydrogens is 284 g/mol. The normalized spacial score (nSPS) is 10.9. The van der Waals surface area contributed by atoms with E-state index in [0.29, 0.717) is 5.75 Å². The topological polar surface area (TPSA) is 29.5 Å². The van der Waals surface area contributed by atoms with E-state index < -0.39 is 0 Å². The molecule has 0 saturated carbocycles. The average molecular weight is 321 g/mol. The number of methoxy groups -OCH3 is 1. The smallest absolute Gasteiger partial charge is 0.122 e. The number of rotatable bonds is 13. The molecule has 0 spiro atoms. The van der Waals surface area contributed by atoms with E-state index in [1.807, 2.05) is 6.07 Å². The van der Waals surface area contributed by atoms with Crippen LogP contribution in [0.5, 0.6) is 11.5 Å². The molecule has 1 aromatic carbocycles. The van der Waals surface area contributed by atoms with E-state index in [2.05, 4.69) is 19.9 Å². The molecule has 0 atom stereocenters. The minimum atomic E-state index is 0.449. The van der Waals surface area contributed by atoms with Crippen molar-refractivity contribution in [1.82, 2.24) is 0 Å². The fourth-order valence-corrected chi connectivity index (χ4v) is 3.08. The number of aryl methyl sites for hydroxylation is 2. The Morgan fingerprint density at radius 1 is 0.739 bits per heavy atom. The Labute approximate surface area is 143 Å². The molecule has 0 heterocycles. The highest BCUT2D eigenvalue weighted by atomic mass is 16.5. The number of phenols is 1. The van der Waals surface area contributed by atoms with Gasteiger partial charge in [0.2, 0.25) is 0 Å². The third kappa shape index (κ3) is 7.76. The number of benzene rings is 1. The largest absolute Gasteiger partial charge is 0.508 e. The quantitative estimate of drug-likeness (QED) is 0.424. The van der Waals surface area contributed by atoms with Gasteiger partial charge < -0.3 is 9.84 Å². The van der Waals surface area contributed by atoms with Crippen molar-refractivity contribution in [3.63, 3.8) is 0 Å². The number of aromatic hydroxyl groups is 1. The Hall–Kier alpha value is -1.18. The Morgan fingerprint density at radius 2 is 1.26 bits per heavy atom. The first kappa shape index (κ1) is 19.9. The van der Waals surface area contributed by atoms with Gasteiger partial charge in [0, 0.05) is 0 Å². The molecule has 0 aromatic heterocycles. The maximum absolute atomic E-state index is 10.3. The summed E-state index contributed by atoms with van der Waals surface area (Å²) in [7, 11) is 1.73. The summed E-state index contributed by atoms with van der Waals surface area (Å²) in [4.78, 5) is 0. The van der Waals surface area contributed by atoms with E-state index in [-0.39, 0.29) is 0 Å². The maximum Gasteiger partial charge on any atom is 0.122 e. The lowest BCUT2D eigenvalue weighted by Gasteiger charge is -2.13. The van der Waals surface area contributed by atoms with E-state index in [1.165, 1.54) is 57.8 Å². The highest BCUT2D eigenvalue weighted by Crippen LogP contribution is 2.30. The minimum absolute atomic E-state index is 0.449. The van der Waals surface area contributed by atoms with Crippen LogP contribution in [-0.4, -0.2) is 12.2 Å². The van der Waals surface area contributed by atoms with E-state index >= 15 is 0 Å². The lowest BCUT2D eigenvalue weighted by molar-refractivity contribution is 0.404. The van der Waals surface area contributed by atoms with Gasteiger partial charge in [-0.15, -0.1) is 0 Å². The molecule has 0 saturated heterocycles. The molecule has 0 aliphatic rings. The van der Waals surface area contributed by atoms with Gasteiger partial charge in [0.15, 0.2) is 0 Å². The molecule has 2 nitrogen and oxygen atoms in total. The summed E-state index contributed by atoms with van der Waals surface area (Å²) >= 11 is 0. The zero-order valence-corrected chi connectivity index (χ0v) is 15.5. The molecule has 1 aromatic rings. The number of phenolic OH excluding ortho intramolecular Hbond substituents is 1. The second-order valence-corrected chi connectivity index (χ2v) is 6.62. The molecule has 2 heteroatoms. The van der Waals surface area contributed by atoms with Gasteiger partial charge >= 0.3 is 0 Å². The fourth-order valence-electron chi connectivity index (χ4n) is 3.08. The second-order valence-electron chi connectivity index (χ2n) is 6.62. The SMILES string of the molecule is CCCCCCCc1cc(OC)c(CCCCCCC)cc1O. The Morgan fingerprint density at radius 3 is 1.78 bits per heavy atom. The van der Waals surface area contributed by atoms with Gasteiger partial charge in [-0.05, 0) is 48.9 Å². The fraction of sp³-hybridized carbons (Fsp3) is 0.714. The Bertz CT molecular complexity index is 426.